The van der Waals surface area contributed by atoms with Gasteiger partial charge in [-0.15, -0.1) is 45.3 Å². The Morgan fingerprint density at radius 3 is 0.951 bits per heavy atom. The first-order valence-electron chi connectivity index (χ1n) is 12.9. The molecular formula is C32H28O5S4. The molecule has 0 N–H and O–H groups in total. The summed E-state index contributed by atoms with van der Waals surface area (Å²) in [5.74, 6) is -1.08. The number of carbonyl (C=O) groups is 2. The summed E-state index contributed by atoms with van der Waals surface area (Å²) in [5, 5.41) is 0. The van der Waals surface area contributed by atoms with Gasteiger partial charge in [0.1, 0.15) is 0 Å². The van der Waals surface area contributed by atoms with Gasteiger partial charge in [0, 0.05) is 72.4 Å². The van der Waals surface area contributed by atoms with Gasteiger partial charge in [-0.25, -0.2) is 9.59 Å². The molecule has 6 rings (SSSR count). The molecule has 4 aromatic heterocycles. The summed E-state index contributed by atoms with van der Waals surface area (Å²) in [6, 6.07) is 7.91. The van der Waals surface area contributed by atoms with E-state index in [9.17, 15) is 19.2 Å². The third-order valence-corrected chi connectivity index (χ3v) is 10.9. The number of rotatable bonds is 4. The number of hydrogen-bond donors (Lipinski definition) is 0. The summed E-state index contributed by atoms with van der Waals surface area (Å²) >= 11 is 6.55. The second kappa shape index (κ2) is 10.9. The Morgan fingerprint density at radius 2 is 0.707 bits per heavy atom. The molecule has 9 heteroatoms. The van der Waals surface area contributed by atoms with Gasteiger partial charge in [0.2, 0.25) is 10.9 Å². The minimum atomic E-state index is -0.542. The standard InChI is InChI=1S/C16H14O3S2.C16H14O2S2/c1-7-5-11(9(3)20-7)13-14(16(18)19-15(13)17)12-6-8(2)21-10(12)4;1-7-5-11(9(3)19-7)13-14(16(18)15(13)17)12-6-8(2)20-10(12)4/h5-6H,1-4H3;5-6H,1-4H3. The number of aryl methyl sites for hydroxylation is 8. The lowest BCUT2D eigenvalue weighted by Gasteiger charge is -2.10. The molecular weight excluding hydrogens is 593 g/mol. The van der Waals surface area contributed by atoms with Crippen LogP contribution in [0.4, 0.5) is 0 Å². The molecule has 0 fully saturated rings. The topological polar surface area (TPSA) is 77.5 Å². The number of hydrogen-bond acceptors (Lipinski definition) is 9. The molecule has 0 spiro atoms. The highest BCUT2D eigenvalue weighted by Gasteiger charge is 2.37. The van der Waals surface area contributed by atoms with Gasteiger partial charge in [0.25, 0.3) is 0 Å². The first kappa shape index (κ1) is 29.3. The van der Waals surface area contributed by atoms with Crippen LogP contribution in [-0.2, 0) is 14.3 Å². The average Bonchev–Trinajstić information content (AvgIpc) is 3.65. The summed E-state index contributed by atoms with van der Waals surface area (Å²) < 4.78 is 4.88. The van der Waals surface area contributed by atoms with Gasteiger partial charge in [0.05, 0.1) is 11.1 Å². The minimum absolute atomic E-state index is 0.343. The van der Waals surface area contributed by atoms with Crippen molar-refractivity contribution in [1.29, 1.82) is 0 Å². The van der Waals surface area contributed by atoms with Crippen molar-refractivity contribution in [3.63, 3.8) is 0 Å². The average molecular weight is 621 g/mol. The maximum Gasteiger partial charge on any atom is 0.347 e. The van der Waals surface area contributed by atoms with Gasteiger partial charge < -0.3 is 4.74 Å². The maximum atomic E-state index is 12.2. The van der Waals surface area contributed by atoms with Crippen LogP contribution < -0.4 is 10.9 Å². The maximum absolute atomic E-state index is 12.2. The van der Waals surface area contributed by atoms with Crippen molar-refractivity contribution in [1.82, 2.24) is 0 Å². The molecule has 5 nitrogen and oxygen atoms in total. The molecule has 0 unspecified atom stereocenters. The first-order chi connectivity index (χ1) is 19.3. The van der Waals surface area contributed by atoms with Crippen LogP contribution in [0, 0.1) is 55.4 Å². The van der Waals surface area contributed by atoms with E-state index in [4.69, 9.17) is 4.74 Å². The molecule has 1 aliphatic rings. The predicted molar refractivity (Wildman–Crippen MR) is 172 cm³/mol. The lowest BCUT2D eigenvalue weighted by molar-refractivity contribution is -0.149. The van der Waals surface area contributed by atoms with E-state index in [1.807, 2.05) is 79.7 Å². The summed E-state index contributed by atoms with van der Waals surface area (Å²) in [4.78, 5) is 57.2. The lowest BCUT2D eigenvalue weighted by Crippen LogP contribution is -2.35. The van der Waals surface area contributed by atoms with Gasteiger partial charge >= 0.3 is 11.9 Å². The van der Waals surface area contributed by atoms with Gasteiger partial charge in [-0.2, -0.15) is 0 Å². The zero-order valence-corrected chi connectivity index (χ0v) is 27.2. The molecule has 1 aromatic carbocycles. The van der Waals surface area contributed by atoms with Crippen molar-refractivity contribution in [2.45, 2.75) is 55.4 Å². The fourth-order valence-electron chi connectivity index (χ4n) is 5.30. The predicted octanol–water partition coefficient (Wildman–Crippen LogP) is 8.01. The molecule has 5 aromatic rings. The number of cyclic esters (lactones) is 2. The molecule has 0 aliphatic carbocycles. The summed E-state index contributed by atoms with van der Waals surface area (Å²) in [7, 11) is 0. The van der Waals surface area contributed by atoms with Crippen molar-refractivity contribution in [3.05, 3.63) is 94.9 Å². The molecule has 0 saturated heterocycles. The third-order valence-electron chi connectivity index (χ3n) is 7.00. The van der Waals surface area contributed by atoms with E-state index < -0.39 is 11.9 Å². The number of ether oxygens (including phenoxy) is 1. The highest BCUT2D eigenvalue weighted by molar-refractivity contribution is 7.13. The van der Waals surface area contributed by atoms with Gasteiger partial charge in [-0.1, -0.05) is 0 Å². The third kappa shape index (κ3) is 5.16. The zero-order valence-electron chi connectivity index (χ0n) is 24.0. The Bertz CT molecular complexity index is 1840. The smallest absolute Gasteiger partial charge is 0.347 e. The van der Waals surface area contributed by atoms with Crippen molar-refractivity contribution in [2.24, 2.45) is 0 Å². The van der Waals surface area contributed by atoms with Crippen LogP contribution in [0.1, 0.15) is 50.1 Å². The molecule has 0 bridgehead atoms. The van der Waals surface area contributed by atoms with Crippen LogP contribution in [0.3, 0.4) is 0 Å². The van der Waals surface area contributed by atoms with E-state index in [1.54, 1.807) is 45.3 Å². The van der Waals surface area contributed by atoms with Crippen LogP contribution >= 0.6 is 45.3 Å². The van der Waals surface area contributed by atoms with Gasteiger partial charge in [0.15, 0.2) is 0 Å². The fourth-order valence-corrected chi connectivity index (χ4v) is 9.02. The number of carbonyl (C=O) groups excluding carboxylic acids is 2. The van der Waals surface area contributed by atoms with Crippen LogP contribution in [0.15, 0.2) is 33.9 Å². The van der Waals surface area contributed by atoms with E-state index in [0.29, 0.717) is 22.3 Å². The molecule has 0 saturated carbocycles. The molecule has 1 aliphatic heterocycles. The van der Waals surface area contributed by atoms with Crippen LogP contribution in [-0.4, -0.2) is 11.9 Å². The number of thiophene rings is 4. The Kier molecular flexibility index (Phi) is 7.76. The van der Waals surface area contributed by atoms with E-state index in [2.05, 4.69) is 0 Å². The second-order valence-corrected chi connectivity index (χ2v) is 16.0. The summed E-state index contributed by atoms with van der Waals surface area (Å²) in [6.45, 7) is 15.9. The van der Waals surface area contributed by atoms with Crippen molar-refractivity contribution >= 4 is 68.4 Å². The molecule has 5 heterocycles. The van der Waals surface area contributed by atoms with E-state index in [-0.39, 0.29) is 10.9 Å². The highest BCUT2D eigenvalue weighted by Crippen LogP contribution is 2.41. The van der Waals surface area contributed by atoms with Crippen molar-refractivity contribution in [2.75, 3.05) is 0 Å². The summed E-state index contributed by atoms with van der Waals surface area (Å²) in [6.07, 6.45) is 0. The molecule has 0 atom stereocenters. The molecule has 41 heavy (non-hydrogen) atoms. The quantitative estimate of drug-likeness (QED) is 0.116. The van der Waals surface area contributed by atoms with Crippen LogP contribution in [0.2, 0.25) is 0 Å². The monoisotopic (exact) mass is 620 g/mol. The molecule has 0 amide bonds. The molecule has 210 valence electrons. The lowest BCUT2D eigenvalue weighted by atomic mass is 9.89. The SMILES string of the molecule is Cc1cc(-c2c(-c3cc(C)sc3C)c(=O)c2=O)c(C)s1.Cc1cc(C2=C(c3cc(C)sc3C)C(=O)OC2=O)c(C)s1. The van der Waals surface area contributed by atoms with Crippen LogP contribution in [0.5, 0.6) is 0 Å². The van der Waals surface area contributed by atoms with E-state index >= 15 is 0 Å². The van der Waals surface area contributed by atoms with Gasteiger partial charge in [-0.3, -0.25) is 9.59 Å². The minimum Gasteiger partial charge on any atom is -0.386 e. The normalized spacial score (nSPS) is 13.3. The Balaban J connectivity index is 0.000000165. The largest absolute Gasteiger partial charge is 0.386 e. The Labute approximate surface area is 254 Å². The molecule has 0 radical (unpaired) electrons. The van der Waals surface area contributed by atoms with Crippen molar-refractivity contribution in [3.8, 4) is 22.3 Å². The fraction of sp³-hybridized carbons (Fsp3) is 0.250. The van der Waals surface area contributed by atoms with Gasteiger partial charge in [-0.05, 0) is 79.7 Å². The first-order valence-corrected chi connectivity index (χ1v) is 16.2. The number of esters is 2. The zero-order chi connectivity index (χ0) is 29.9. The Hall–Kier alpha value is -3.24. The highest BCUT2D eigenvalue weighted by atomic mass is 32.1. The van der Waals surface area contributed by atoms with E-state index in [1.165, 1.54) is 0 Å². The summed E-state index contributed by atoms with van der Waals surface area (Å²) in [5.41, 5.74) is 4.82. The second-order valence-electron chi connectivity index (χ2n) is 10.1. The van der Waals surface area contributed by atoms with Crippen molar-refractivity contribution < 1.29 is 14.3 Å². The van der Waals surface area contributed by atoms with E-state index in [0.717, 1.165) is 61.3 Å². The Morgan fingerprint density at radius 1 is 0.439 bits per heavy atom. The van der Waals surface area contributed by atoms with Crippen LogP contribution in [0.25, 0.3) is 33.4 Å².